The molecule has 1 aliphatic heterocycles. The zero-order valence-corrected chi connectivity index (χ0v) is 19.5. The molecule has 178 valence electrons. The van der Waals surface area contributed by atoms with E-state index in [0.717, 1.165) is 22.3 Å². The highest BCUT2D eigenvalue weighted by atomic mass is 16.2. The predicted octanol–water partition coefficient (Wildman–Crippen LogP) is 3.82. The molecule has 3 aromatic carbocycles. The van der Waals surface area contributed by atoms with Gasteiger partial charge in [0, 0.05) is 24.5 Å². The second kappa shape index (κ2) is 9.84. The van der Waals surface area contributed by atoms with Gasteiger partial charge >= 0.3 is 0 Å². The number of carbonyl (C=O) groups is 2. The summed E-state index contributed by atoms with van der Waals surface area (Å²) in [4.78, 5) is 32.2. The van der Waals surface area contributed by atoms with Crippen LogP contribution in [0.3, 0.4) is 0 Å². The Balaban J connectivity index is 1.39. The molecule has 0 unspecified atom stereocenters. The molecule has 0 radical (unpaired) electrons. The molecule has 36 heavy (non-hydrogen) atoms. The Hall–Kier alpha value is -4.78. The van der Waals surface area contributed by atoms with E-state index in [2.05, 4.69) is 15.6 Å². The molecule has 3 N–H and O–H groups in total. The van der Waals surface area contributed by atoms with Gasteiger partial charge in [0.05, 0.1) is 6.54 Å². The van der Waals surface area contributed by atoms with E-state index in [0.29, 0.717) is 12.1 Å². The molecule has 0 atom stereocenters. The number of rotatable bonds is 7. The number of amides is 2. The van der Waals surface area contributed by atoms with Gasteiger partial charge in [-0.15, -0.1) is 0 Å². The van der Waals surface area contributed by atoms with Crippen LogP contribution in [0.15, 0.2) is 109 Å². The molecule has 2 heterocycles. The zero-order valence-electron chi connectivity index (χ0n) is 19.5. The fraction of sp³-hybridized carbons (Fsp3) is 0.103. The van der Waals surface area contributed by atoms with Crippen molar-refractivity contribution >= 4 is 17.8 Å². The van der Waals surface area contributed by atoms with Crippen LogP contribution >= 0.6 is 0 Å². The number of guanidine groups is 1. The van der Waals surface area contributed by atoms with Crippen LogP contribution in [0.5, 0.6) is 0 Å². The first-order valence-corrected chi connectivity index (χ1v) is 11.6. The van der Waals surface area contributed by atoms with E-state index in [1.54, 1.807) is 30.6 Å². The molecule has 0 bridgehead atoms. The number of carbonyl (C=O) groups excluding carboxylic acids is 2. The standard InChI is InChI=1S/C29H25N5O2/c30-28-33-29(24-12-3-1-4-13-24,25-14-5-2-6-15-25)27(36)34(28)20-21-9-7-11-23(17-21)26(35)32-19-22-10-8-16-31-18-22/h1-18H,19-20H2,(H2,30,33)(H,32,35). The van der Waals surface area contributed by atoms with Gasteiger partial charge < -0.3 is 10.6 Å². The summed E-state index contributed by atoms with van der Waals surface area (Å²) in [7, 11) is 0. The van der Waals surface area contributed by atoms with Crippen molar-refractivity contribution in [3.05, 3.63) is 137 Å². The summed E-state index contributed by atoms with van der Waals surface area (Å²) in [6.07, 6.45) is 3.39. The highest BCUT2D eigenvalue weighted by molar-refractivity contribution is 6.10. The average Bonchev–Trinajstić information content (AvgIpc) is 3.19. The van der Waals surface area contributed by atoms with Gasteiger partial charge in [-0.05, 0) is 40.5 Å². The third-order valence-corrected chi connectivity index (χ3v) is 6.26. The molecular weight excluding hydrogens is 450 g/mol. The maximum absolute atomic E-state index is 14.0. The maximum atomic E-state index is 14.0. The summed E-state index contributed by atoms with van der Waals surface area (Å²) in [5, 5.41) is 14.7. The summed E-state index contributed by atoms with van der Waals surface area (Å²) in [6, 6.07) is 29.7. The number of nitrogens with one attached hydrogen (secondary N) is 3. The highest BCUT2D eigenvalue weighted by Crippen LogP contribution is 2.36. The van der Waals surface area contributed by atoms with Crippen molar-refractivity contribution in [1.29, 1.82) is 5.41 Å². The Bertz CT molecular complexity index is 1350. The number of aromatic nitrogens is 1. The van der Waals surface area contributed by atoms with Crippen LogP contribution in [0.1, 0.15) is 32.6 Å². The lowest BCUT2D eigenvalue weighted by atomic mass is 9.82. The SMILES string of the molecule is N=C1NC(c2ccccc2)(c2ccccc2)C(=O)N1Cc1cccc(C(=O)NCc2cccnc2)c1. The van der Waals surface area contributed by atoms with Crippen LogP contribution in [0.25, 0.3) is 0 Å². The van der Waals surface area contributed by atoms with Crippen LogP contribution in [0.4, 0.5) is 0 Å². The van der Waals surface area contributed by atoms with Gasteiger partial charge in [-0.25, -0.2) is 0 Å². The molecule has 1 saturated heterocycles. The van der Waals surface area contributed by atoms with Crippen molar-refractivity contribution in [2.45, 2.75) is 18.6 Å². The van der Waals surface area contributed by atoms with Gasteiger partial charge in [-0.2, -0.15) is 0 Å². The molecular formula is C29H25N5O2. The monoisotopic (exact) mass is 475 g/mol. The van der Waals surface area contributed by atoms with E-state index in [-0.39, 0.29) is 24.3 Å². The molecule has 0 spiro atoms. The first kappa shape index (κ1) is 23.0. The van der Waals surface area contributed by atoms with E-state index in [9.17, 15) is 9.59 Å². The lowest BCUT2D eigenvalue weighted by Crippen LogP contribution is -2.45. The van der Waals surface area contributed by atoms with E-state index in [1.165, 1.54) is 4.90 Å². The van der Waals surface area contributed by atoms with Crippen LogP contribution in [0.2, 0.25) is 0 Å². The molecule has 4 aromatic rings. The van der Waals surface area contributed by atoms with E-state index < -0.39 is 5.54 Å². The maximum Gasteiger partial charge on any atom is 0.264 e. The van der Waals surface area contributed by atoms with Crippen molar-refractivity contribution < 1.29 is 9.59 Å². The zero-order chi connectivity index (χ0) is 25.0. The fourth-order valence-electron chi connectivity index (χ4n) is 4.47. The van der Waals surface area contributed by atoms with Crippen molar-refractivity contribution in [2.24, 2.45) is 0 Å². The third-order valence-electron chi connectivity index (χ3n) is 6.26. The van der Waals surface area contributed by atoms with E-state index in [4.69, 9.17) is 5.41 Å². The van der Waals surface area contributed by atoms with Crippen LogP contribution < -0.4 is 10.6 Å². The number of nitrogens with zero attached hydrogens (tertiary/aromatic N) is 2. The van der Waals surface area contributed by atoms with E-state index >= 15 is 0 Å². The average molecular weight is 476 g/mol. The number of benzene rings is 3. The second-order valence-electron chi connectivity index (χ2n) is 8.59. The Labute approximate surface area is 209 Å². The summed E-state index contributed by atoms with van der Waals surface area (Å²) < 4.78 is 0. The minimum atomic E-state index is -1.20. The van der Waals surface area contributed by atoms with Crippen LogP contribution in [-0.4, -0.2) is 27.7 Å². The summed E-state index contributed by atoms with van der Waals surface area (Å²) >= 11 is 0. The minimum absolute atomic E-state index is 0.0131. The fourth-order valence-corrected chi connectivity index (χ4v) is 4.47. The van der Waals surface area contributed by atoms with Gasteiger partial charge in [-0.3, -0.25) is 24.9 Å². The highest BCUT2D eigenvalue weighted by Gasteiger charge is 2.52. The molecule has 0 saturated carbocycles. The third kappa shape index (κ3) is 4.34. The predicted molar refractivity (Wildman–Crippen MR) is 137 cm³/mol. The van der Waals surface area contributed by atoms with Crippen molar-refractivity contribution in [2.75, 3.05) is 0 Å². The normalized spacial score (nSPS) is 14.4. The number of hydrogen-bond acceptors (Lipinski definition) is 4. The van der Waals surface area contributed by atoms with E-state index in [1.807, 2.05) is 78.9 Å². The quantitative estimate of drug-likeness (QED) is 0.378. The molecule has 1 aromatic heterocycles. The number of hydrogen-bond donors (Lipinski definition) is 3. The first-order chi connectivity index (χ1) is 17.6. The Morgan fingerprint density at radius 3 is 2.19 bits per heavy atom. The van der Waals surface area contributed by atoms with Gasteiger partial charge in [0.2, 0.25) is 0 Å². The Kier molecular flexibility index (Phi) is 6.28. The van der Waals surface area contributed by atoms with Gasteiger partial charge in [-0.1, -0.05) is 78.9 Å². The van der Waals surface area contributed by atoms with Crippen molar-refractivity contribution in [3.63, 3.8) is 0 Å². The minimum Gasteiger partial charge on any atom is -0.348 e. The smallest absolute Gasteiger partial charge is 0.264 e. The Morgan fingerprint density at radius 1 is 0.889 bits per heavy atom. The second-order valence-corrected chi connectivity index (χ2v) is 8.59. The molecule has 0 aliphatic carbocycles. The molecule has 7 heteroatoms. The summed E-state index contributed by atoms with van der Waals surface area (Å²) in [5.74, 6) is -0.444. The molecule has 1 aliphatic rings. The first-order valence-electron chi connectivity index (χ1n) is 11.6. The number of pyridine rings is 1. The van der Waals surface area contributed by atoms with Crippen molar-refractivity contribution in [3.8, 4) is 0 Å². The van der Waals surface area contributed by atoms with Gasteiger partial charge in [0.25, 0.3) is 11.8 Å². The van der Waals surface area contributed by atoms with Gasteiger partial charge in [0.15, 0.2) is 11.5 Å². The van der Waals surface area contributed by atoms with Crippen LogP contribution in [0, 0.1) is 5.41 Å². The molecule has 2 amide bonds. The molecule has 5 rings (SSSR count). The largest absolute Gasteiger partial charge is 0.348 e. The summed E-state index contributed by atoms with van der Waals surface area (Å²) in [6.45, 7) is 0.530. The lowest BCUT2D eigenvalue weighted by Gasteiger charge is -2.28. The van der Waals surface area contributed by atoms with Crippen molar-refractivity contribution in [1.82, 2.24) is 20.5 Å². The molecule has 7 nitrogen and oxygen atoms in total. The Morgan fingerprint density at radius 2 is 1.56 bits per heavy atom. The summed E-state index contributed by atoms with van der Waals surface area (Å²) in [5.41, 5.74) is 2.47. The lowest BCUT2D eigenvalue weighted by molar-refractivity contribution is -0.130. The van der Waals surface area contributed by atoms with Gasteiger partial charge in [0.1, 0.15) is 0 Å². The topological polar surface area (TPSA) is 98.2 Å². The molecule has 1 fully saturated rings. The van der Waals surface area contributed by atoms with Crippen LogP contribution in [-0.2, 0) is 23.4 Å².